The van der Waals surface area contributed by atoms with Gasteiger partial charge in [-0.05, 0) is 42.9 Å². The molecule has 1 aliphatic heterocycles. The lowest BCUT2D eigenvalue weighted by Gasteiger charge is -2.25. The number of carbonyl (C=O) groups is 3. The van der Waals surface area contributed by atoms with Crippen LogP contribution in [0.5, 0.6) is 0 Å². The van der Waals surface area contributed by atoms with Gasteiger partial charge in [-0.25, -0.2) is 0 Å². The lowest BCUT2D eigenvalue weighted by molar-refractivity contribution is -0.129. The zero-order valence-corrected chi connectivity index (χ0v) is 18.2. The van der Waals surface area contributed by atoms with Crippen molar-refractivity contribution in [3.63, 3.8) is 0 Å². The molecule has 2 rings (SSSR count). The maximum Gasteiger partial charge on any atom is 0.255 e. The largest absolute Gasteiger partial charge is 0.322 e. The molecule has 0 spiro atoms. The summed E-state index contributed by atoms with van der Waals surface area (Å²) >= 11 is 3.44. The Morgan fingerprint density at radius 1 is 1.30 bits per heavy atom. The second-order valence-electron chi connectivity index (χ2n) is 6.31. The van der Waals surface area contributed by atoms with Crippen molar-refractivity contribution in [1.82, 2.24) is 10.2 Å². The van der Waals surface area contributed by atoms with Crippen molar-refractivity contribution in [3.05, 3.63) is 34.9 Å². The van der Waals surface area contributed by atoms with Crippen LogP contribution in [0.25, 0.3) is 0 Å². The first-order valence-corrected chi connectivity index (χ1v) is 11.0. The summed E-state index contributed by atoms with van der Waals surface area (Å²) in [6.07, 6.45) is 6.00. The van der Waals surface area contributed by atoms with E-state index < -0.39 is 11.9 Å². The zero-order valence-electron chi connectivity index (χ0n) is 16.6. The number of imide groups is 1. The normalized spacial score (nSPS) is 13.5. The number of hydrogen-bond donors (Lipinski definition) is 1. The van der Waals surface area contributed by atoms with E-state index in [4.69, 9.17) is 0 Å². The fourth-order valence-electron chi connectivity index (χ4n) is 3.35. The molecular formula is C21H31BrN2O3. The van der Waals surface area contributed by atoms with Crippen LogP contribution in [0.1, 0.15) is 74.4 Å². The maximum absolute atomic E-state index is 12.8. The predicted molar refractivity (Wildman–Crippen MR) is 112 cm³/mol. The fourth-order valence-corrected chi connectivity index (χ4v) is 3.74. The quantitative estimate of drug-likeness (QED) is 0.337. The molecule has 1 atom stereocenters. The molecule has 1 aromatic rings. The smallest absolute Gasteiger partial charge is 0.255 e. The Labute approximate surface area is 171 Å². The number of carbonyl (C=O) groups excluding carboxylic acids is 3. The Bertz CT molecular complexity index is 634. The topological polar surface area (TPSA) is 66.5 Å². The molecule has 27 heavy (non-hydrogen) atoms. The van der Waals surface area contributed by atoms with E-state index in [1.165, 1.54) is 5.56 Å². The highest BCUT2D eigenvalue weighted by molar-refractivity contribution is 9.09. The molecule has 5 nitrogen and oxygen atoms in total. The van der Waals surface area contributed by atoms with Crippen molar-refractivity contribution in [2.75, 3.05) is 5.33 Å². The highest BCUT2D eigenvalue weighted by Gasteiger charge is 2.36. The third-order valence-electron chi connectivity index (χ3n) is 4.61. The van der Waals surface area contributed by atoms with Crippen LogP contribution < -0.4 is 5.32 Å². The molecule has 0 saturated heterocycles. The van der Waals surface area contributed by atoms with Crippen molar-refractivity contribution < 1.29 is 14.4 Å². The molecule has 1 heterocycles. The summed E-state index contributed by atoms with van der Waals surface area (Å²) in [4.78, 5) is 37.2. The molecule has 0 bridgehead atoms. The Balaban J connectivity index is 0.00000176. The van der Waals surface area contributed by atoms with E-state index in [1.54, 1.807) is 4.90 Å². The van der Waals surface area contributed by atoms with Gasteiger partial charge in [0, 0.05) is 17.4 Å². The second kappa shape index (κ2) is 12.7. The zero-order chi connectivity index (χ0) is 20.2. The van der Waals surface area contributed by atoms with Crippen LogP contribution in [0.15, 0.2) is 18.2 Å². The summed E-state index contributed by atoms with van der Waals surface area (Å²) in [7, 11) is 0. The monoisotopic (exact) mass is 438 g/mol. The molecule has 6 heteroatoms. The second-order valence-corrected chi connectivity index (χ2v) is 7.10. The van der Waals surface area contributed by atoms with E-state index in [-0.39, 0.29) is 5.91 Å². The summed E-state index contributed by atoms with van der Waals surface area (Å²) in [5.74, 6) is -0.520. The fraction of sp³-hybridized carbons (Fsp3) is 0.571. The van der Waals surface area contributed by atoms with Gasteiger partial charge in [0.15, 0.2) is 0 Å². The molecule has 0 saturated carbocycles. The number of fused-ring (bicyclic) bond motifs is 1. The van der Waals surface area contributed by atoms with Gasteiger partial charge in [0.05, 0.1) is 0 Å². The maximum atomic E-state index is 12.8. The molecule has 150 valence electrons. The van der Waals surface area contributed by atoms with Crippen molar-refractivity contribution >= 4 is 34.2 Å². The van der Waals surface area contributed by atoms with Crippen LogP contribution in [-0.4, -0.2) is 34.5 Å². The molecule has 0 fully saturated rings. The molecule has 1 aromatic carbocycles. The van der Waals surface area contributed by atoms with Crippen LogP contribution in [0.4, 0.5) is 0 Å². The SMILES string of the molecule is CC.CCCC(C(=O)NC=O)N1Cc2c(CCCCCBr)cccc2C1=O. The molecular weight excluding hydrogens is 408 g/mol. The van der Waals surface area contributed by atoms with E-state index in [0.717, 1.165) is 43.0 Å². The number of nitrogens with one attached hydrogen (secondary N) is 1. The average Bonchev–Trinajstić information content (AvgIpc) is 3.02. The molecule has 1 unspecified atom stereocenters. The lowest BCUT2D eigenvalue weighted by Crippen LogP contribution is -2.46. The van der Waals surface area contributed by atoms with Crippen molar-refractivity contribution in [3.8, 4) is 0 Å². The lowest BCUT2D eigenvalue weighted by atomic mass is 9.98. The van der Waals surface area contributed by atoms with Gasteiger partial charge in [0.2, 0.25) is 12.3 Å². The van der Waals surface area contributed by atoms with Crippen molar-refractivity contribution in [2.45, 2.75) is 71.9 Å². The molecule has 3 amide bonds. The van der Waals surface area contributed by atoms with E-state index in [1.807, 2.05) is 32.9 Å². The van der Waals surface area contributed by atoms with E-state index in [0.29, 0.717) is 24.9 Å². The minimum atomic E-state index is -0.601. The standard InChI is InChI=1S/C19H25BrN2O3.C2H6/c1-2-7-17(18(24)21-13-23)22-12-16-14(8-4-3-5-11-20)9-6-10-15(16)19(22)25;1-2/h6,9-10,13,17H,2-5,7-8,11-12H2,1H3,(H,21,23,24);1-2H3. The number of benzene rings is 1. The molecule has 0 aliphatic carbocycles. The molecule has 1 aliphatic rings. The Morgan fingerprint density at radius 2 is 2.04 bits per heavy atom. The highest BCUT2D eigenvalue weighted by atomic mass is 79.9. The van der Waals surface area contributed by atoms with Gasteiger partial charge in [-0.2, -0.15) is 0 Å². The molecule has 1 N–H and O–H groups in total. The van der Waals surface area contributed by atoms with Crippen LogP contribution >= 0.6 is 15.9 Å². The van der Waals surface area contributed by atoms with Gasteiger partial charge in [0.25, 0.3) is 5.91 Å². The third kappa shape index (κ3) is 6.16. The first-order chi connectivity index (χ1) is 13.1. The minimum Gasteiger partial charge on any atom is -0.322 e. The number of nitrogens with zero attached hydrogens (tertiary/aromatic N) is 1. The summed E-state index contributed by atoms with van der Waals surface area (Å²) in [6, 6.07) is 5.22. The van der Waals surface area contributed by atoms with Crippen LogP contribution in [0.2, 0.25) is 0 Å². The van der Waals surface area contributed by atoms with Gasteiger partial charge < -0.3 is 4.90 Å². The van der Waals surface area contributed by atoms with Gasteiger partial charge >= 0.3 is 0 Å². The number of amides is 3. The summed E-state index contributed by atoms with van der Waals surface area (Å²) in [6.45, 7) is 6.41. The van der Waals surface area contributed by atoms with Gasteiger partial charge in [0.1, 0.15) is 6.04 Å². The Morgan fingerprint density at radius 3 is 2.67 bits per heavy atom. The molecule has 0 radical (unpaired) electrons. The van der Waals surface area contributed by atoms with E-state index in [2.05, 4.69) is 27.3 Å². The number of hydrogen-bond acceptors (Lipinski definition) is 3. The number of alkyl halides is 1. The Hall–Kier alpha value is -1.69. The van der Waals surface area contributed by atoms with Crippen molar-refractivity contribution in [1.29, 1.82) is 0 Å². The minimum absolute atomic E-state index is 0.114. The number of rotatable bonds is 10. The van der Waals surface area contributed by atoms with Gasteiger partial charge in [-0.1, -0.05) is 61.7 Å². The van der Waals surface area contributed by atoms with Gasteiger partial charge in [-0.3, -0.25) is 19.7 Å². The average molecular weight is 439 g/mol. The predicted octanol–water partition coefficient (Wildman–Crippen LogP) is 4.22. The first kappa shape index (κ1) is 23.3. The summed E-state index contributed by atoms with van der Waals surface area (Å²) in [5.41, 5.74) is 2.92. The molecule has 0 aromatic heterocycles. The number of aryl methyl sites for hydroxylation is 1. The first-order valence-electron chi connectivity index (χ1n) is 9.85. The summed E-state index contributed by atoms with van der Waals surface area (Å²) < 4.78 is 0. The van der Waals surface area contributed by atoms with Gasteiger partial charge in [-0.15, -0.1) is 0 Å². The van der Waals surface area contributed by atoms with Crippen molar-refractivity contribution in [2.24, 2.45) is 0 Å². The summed E-state index contributed by atoms with van der Waals surface area (Å²) in [5, 5.41) is 3.21. The number of unbranched alkanes of at least 4 members (excludes halogenated alkanes) is 2. The number of halogens is 1. The van der Waals surface area contributed by atoms with E-state index in [9.17, 15) is 14.4 Å². The highest BCUT2D eigenvalue weighted by Crippen LogP contribution is 2.29. The van der Waals surface area contributed by atoms with E-state index >= 15 is 0 Å². The third-order valence-corrected chi connectivity index (χ3v) is 5.18. The van der Waals surface area contributed by atoms with Crippen LogP contribution in [0.3, 0.4) is 0 Å². The van der Waals surface area contributed by atoms with Crippen LogP contribution in [-0.2, 0) is 22.6 Å². The Kier molecular flexibility index (Phi) is 10.9. The van der Waals surface area contributed by atoms with Crippen LogP contribution in [0, 0.1) is 0 Å².